The summed E-state index contributed by atoms with van der Waals surface area (Å²) in [5.74, 6) is -1.56. The van der Waals surface area contributed by atoms with Crippen LogP contribution in [-0.4, -0.2) is 41.0 Å². The van der Waals surface area contributed by atoms with Gasteiger partial charge in [-0.3, -0.25) is 15.0 Å². The molecule has 1 aliphatic heterocycles. The number of carbonyl (C=O) groups is 4. The van der Waals surface area contributed by atoms with Crippen LogP contribution in [0.25, 0.3) is 0 Å². The molecule has 1 spiro atoms. The van der Waals surface area contributed by atoms with Crippen molar-refractivity contribution in [2.75, 3.05) is 6.61 Å². The van der Waals surface area contributed by atoms with Crippen LogP contribution in [0.4, 0.5) is 4.79 Å². The van der Waals surface area contributed by atoms with E-state index in [1.54, 1.807) is 0 Å². The fourth-order valence-electron chi connectivity index (χ4n) is 3.37. The first kappa shape index (κ1) is 19.4. The molecule has 9 heteroatoms. The molecule has 3 rings (SSSR count). The molecule has 0 bridgehead atoms. The number of hydrogen-bond donors (Lipinski definition) is 2. The highest BCUT2D eigenvalue weighted by Crippen LogP contribution is 2.35. The molecule has 28 heavy (non-hydrogen) atoms. The van der Waals surface area contributed by atoms with Crippen molar-refractivity contribution in [1.82, 2.24) is 15.8 Å². The van der Waals surface area contributed by atoms with Crippen LogP contribution >= 0.6 is 0 Å². The van der Waals surface area contributed by atoms with Gasteiger partial charge in [0.25, 0.3) is 11.8 Å². The van der Waals surface area contributed by atoms with Gasteiger partial charge in [0, 0.05) is 0 Å². The van der Waals surface area contributed by atoms with Crippen LogP contribution in [0.5, 0.6) is 0 Å². The van der Waals surface area contributed by atoms with Crippen LogP contribution in [-0.2, 0) is 14.3 Å². The van der Waals surface area contributed by atoms with Crippen molar-refractivity contribution >= 4 is 23.8 Å². The lowest BCUT2D eigenvalue weighted by atomic mass is 9.77. The Morgan fingerprint density at radius 3 is 2.54 bits per heavy atom. The Hall–Kier alpha value is -3.41. The smallest absolute Gasteiger partial charge is 0.344 e. The Labute approximate surface area is 161 Å². The molecule has 4 amide bonds. The van der Waals surface area contributed by atoms with E-state index < -0.39 is 36.0 Å². The van der Waals surface area contributed by atoms with Crippen LogP contribution in [0, 0.1) is 17.2 Å². The minimum atomic E-state index is -0.962. The minimum Gasteiger partial charge on any atom is -0.452 e. The number of rotatable bonds is 4. The minimum absolute atomic E-state index is 0.178. The number of hydrogen-bond acceptors (Lipinski definition) is 6. The van der Waals surface area contributed by atoms with Crippen LogP contribution in [0.2, 0.25) is 0 Å². The third-order valence-corrected chi connectivity index (χ3v) is 5.11. The average molecular weight is 384 g/mol. The van der Waals surface area contributed by atoms with Gasteiger partial charge in [-0.2, -0.15) is 10.3 Å². The summed E-state index contributed by atoms with van der Waals surface area (Å²) in [6.45, 7) is 1.44. The first-order valence-electron chi connectivity index (χ1n) is 8.98. The number of hydrazine groups is 1. The van der Waals surface area contributed by atoms with Crippen LogP contribution in [0.1, 0.15) is 48.5 Å². The van der Waals surface area contributed by atoms with E-state index in [4.69, 9.17) is 10.00 Å². The van der Waals surface area contributed by atoms with Crippen molar-refractivity contribution in [3.63, 3.8) is 0 Å². The number of nitrogens with zero attached hydrogens (tertiary/aromatic N) is 2. The zero-order valence-corrected chi connectivity index (χ0v) is 15.4. The SMILES string of the molecule is CC1CCC2(CC1)NC(=O)N(NC(=O)COC(=O)c1ccc(C#N)cc1)C2=O. The maximum absolute atomic E-state index is 12.6. The lowest BCUT2D eigenvalue weighted by Gasteiger charge is -2.33. The summed E-state index contributed by atoms with van der Waals surface area (Å²) in [5, 5.41) is 12.1. The highest BCUT2D eigenvalue weighted by molar-refractivity contribution is 6.08. The van der Waals surface area contributed by atoms with Crippen LogP contribution in [0.3, 0.4) is 0 Å². The Bertz CT molecular complexity index is 850. The van der Waals surface area contributed by atoms with Crippen molar-refractivity contribution in [1.29, 1.82) is 5.26 Å². The quantitative estimate of drug-likeness (QED) is 0.594. The number of benzene rings is 1. The number of nitriles is 1. The topological polar surface area (TPSA) is 129 Å². The van der Waals surface area contributed by atoms with E-state index in [2.05, 4.69) is 17.7 Å². The predicted molar refractivity (Wildman–Crippen MR) is 95.3 cm³/mol. The van der Waals surface area contributed by atoms with E-state index in [1.165, 1.54) is 24.3 Å². The molecule has 2 N–H and O–H groups in total. The summed E-state index contributed by atoms with van der Waals surface area (Å²) < 4.78 is 4.89. The molecule has 146 valence electrons. The largest absolute Gasteiger partial charge is 0.452 e. The van der Waals surface area contributed by atoms with Gasteiger partial charge in [-0.25, -0.2) is 9.59 Å². The Morgan fingerprint density at radius 1 is 1.29 bits per heavy atom. The van der Waals surface area contributed by atoms with E-state index in [-0.39, 0.29) is 5.56 Å². The third kappa shape index (κ3) is 3.81. The Morgan fingerprint density at radius 2 is 1.93 bits per heavy atom. The number of carbonyl (C=O) groups excluding carboxylic acids is 4. The lowest BCUT2D eigenvalue weighted by Crippen LogP contribution is -2.52. The lowest BCUT2D eigenvalue weighted by molar-refractivity contribution is -0.141. The molecule has 2 fully saturated rings. The second-order valence-corrected chi connectivity index (χ2v) is 7.14. The van der Waals surface area contributed by atoms with Gasteiger partial charge in [-0.15, -0.1) is 0 Å². The molecular weight excluding hydrogens is 364 g/mol. The molecule has 1 saturated heterocycles. The fourth-order valence-corrected chi connectivity index (χ4v) is 3.37. The zero-order chi connectivity index (χ0) is 20.3. The van der Waals surface area contributed by atoms with E-state index in [1.807, 2.05) is 6.07 Å². The fraction of sp³-hybridized carbons (Fsp3) is 0.421. The molecule has 1 heterocycles. The van der Waals surface area contributed by atoms with E-state index in [9.17, 15) is 19.2 Å². The number of amides is 4. The molecule has 0 aromatic heterocycles. The standard InChI is InChI=1S/C19H20N4O5/c1-12-6-8-19(9-7-12)17(26)23(18(27)21-19)22-15(24)11-28-16(25)14-4-2-13(10-20)3-5-14/h2-5,12H,6-9,11H2,1H3,(H,21,27)(H,22,24). The molecule has 0 radical (unpaired) electrons. The Kier molecular flexibility index (Phi) is 5.31. The molecule has 1 aliphatic carbocycles. The van der Waals surface area contributed by atoms with Gasteiger partial charge in [0.05, 0.1) is 17.2 Å². The molecule has 1 aromatic carbocycles. The van der Waals surface area contributed by atoms with Gasteiger partial charge in [-0.05, 0) is 55.9 Å². The maximum atomic E-state index is 12.6. The average Bonchev–Trinajstić information content (AvgIpc) is 2.92. The Balaban J connectivity index is 1.54. The second-order valence-electron chi connectivity index (χ2n) is 7.14. The van der Waals surface area contributed by atoms with Gasteiger partial charge >= 0.3 is 12.0 Å². The number of imide groups is 1. The van der Waals surface area contributed by atoms with E-state index in [0.717, 1.165) is 12.8 Å². The van der Waals surface area contributed by atoms with Gasteiger partial charge in [0.2, 0.25) is 0 Å². The summed E-state index contributed by atoms with van der Waals surface area (Å²) in [5.41, 5.74) is 1.80. The van der Waals surface area contributed by atoms with Crippen LogP contribution in [0.15, 0.2) is 24.3 Å². The van der Waals surface area contributed by atoms with Crippen molar-refractivity contribution in [2.45, 2.75) is 38.1 Å². The molecule has 1 aromatic rings. The van der Waals surface area contributed by atoms with Crippen molar-refractivity contribution < 1.29 is 23.9 Å². The molecule has 0 atom stereocenters. The van der Waals surface area contributed by atoms with Crippen LogP contribution < -0.4 is 10.7 Å². The number of ether oxygens (including phenoxy) is 1. The predicted octanol–water partition coefficient (Wildman–Crippen LogP) is 1.25. The summed E-state index contributed by atoms with van der Waals surface area (Å²) >= 11 is 0. The molecule has 1 saturated carbocycles. The molecular formula is C19H20N4O5. The molecule has 9 nitrogen and oxygen atoms in total. The third-order valence-electron chi connectivity index (χ3n) is 5.11. The van der Waals surface area contributed by atoms with Crippen molar-refractivity contribution in [3.8, 4) is 6.07 Å². The summed E-state index contributed by atoms with van der Waals surface area (Å²) in [6, 6.07) is 6.96. The van der Waals surface area contributed by atoms with Gasteiger partial charge in [-0.1, -0.05) is 6.92 Å². The highest BCUT2D eigenvalue weighted by Gasteiger charge is 2.52. The summed E-state index contributed by atoms with van der Waals surface area (Å²) in [6.07, 6.45) is 2.68. The summed E-state index contributed by atoms with van der Waals surface area (Å²) in [7, 11) is 0. The van der Waals surface area contributed by atoms with Gasteiger partial charge in [0.1, 0.15) is 5.54 Å². The first-order chi connectivity index (χ1) is 13.3. The number of nitrogens with one attached hydrogen (secondary N) is 2. The maximum Gasteiger partial charge on any atom is 0.344 e. The first-order valence-corrected chi connectivity index (χ1v) is 8.98. The summed E-state index contributed by atoms with van der Waals surface area (Å²) in [4.78, 5) is 48.8. The zero-order valence-electron chi connectivity index (χ0n) is 15.4. The van der Waals surface area contributed by atoms with Gasteiger partial charge < -0.3 is 10.1 Å². The monoisotopic (exact) mass is 384 g/mol. The highest BCUT2D eigenvalue weighted by atomic mass is 16.5. The van der Waals surface area contributed by atoms with E-state index >= 15 is 0 Å². The van der Waals surface area contributed by atoms with Gasteiger partial charge in [0.15, 0.2) is 6.61 Å². The molecule has 2 aliphatic rings. The van der Waals surface area contributed by atoms with Crippen molar-refractivity contribution in [2.24, 2.45) is 5.92 Å². The number of esters is 1. The van der Waals surface area contributed by atoms with Crippen molar-refractivity contribution in [3.05, 3.63) is 35.4 Å². The second kappa shape index (κ2) is 7.68. The molecule has 0 unspecified atom stereocenters. The number of urea groups is 1. The van der Waals surface area contributed by atoms with E-state index in [0.29, 0.717) is 29.3 Å². The normalized spacial score (nSPS) is 23.9.